The maximum atomic E-state index is 11.8. The lowest BCUT2D eigenvalue weighted by Crippen LogP contribution is -2.55. The van der Waals surface area contributed by atoms with Crippen molar-refractivity contribution >= 4 is 17.6 Å². The first-order valence-corrected chi connectivity index (χ1v) is 18.0. The van der Waals surface area contributed by atoms with Crippen molar-refractivity contribution < 1.29 is 23.7 Å². The highest BCUT2D eigenvalue weighted by atomic mass is 35.5. The summed E-state index contributed by atoms with van der Waals surface area (Å²) >= 11 is 6.89. The van der Waals surface area contributed by atoms with Gasteiger partial charge in [-0.2, -0.15) is 0 Å². The number of hydrogen-bond acceptors (Lipinski definition) is 7. The van der Waals surface area contributed by atoms with Crippen LogP contribution in [0.15, 0.2) is 48.5 Å². The van der Waals surface area contributed by atoms with Crippen molar-refractivity contribution in [2.24, 2.45) is 0 Å². The first kappa shape index (κ1) is 36.0. The van der Waals surface area contributed by atoms with Crippen molar-refractivity contribution in [3.8, 4) is 28.4 Å². The van der Waals surface area contributed by atoms with E-state index in [-0.39, 0.29) is 12.1 Å². The number of nitrogens with zero attached hydrogens (tertiary/aromatic N) is 2. The van der Waals surface area contributed by atoms with Gasteiger partial charge in [0.1, 0.15) is 23.4 Å². The van der Waals surface area contributed by atoms with Gasteiger partial charge < -0.3 is 18.9 Å². The van der Waals surface area contributed by atoms with Gasteiger partial charge in [-0.3, -0.25) is 14.6 Å². The third-order valence-corrected chi connectivity index (χ3v) is 10.3. The minimum atomic E-state index is -0.217. The number of benzene rings is 3. The lowest BCUT2D eigenvalue weighted by atomic mass is 9.89. The maximum absolute atomic E-state index is 11.8. The maximum Gasteiger partial charge on any atom is 0.306 e. The van der Waals surface area contributed by atoms with Crippen LogP contribution in [0.5, 0.6) is 17.2 Å². The standard InChI is InChI=1S/C40H53ClN2O5/c1-7-23-46-37-26-38(34(41)25-29(37)27-42(8-2)21-18-39(44)45-6)48-36-17-16-32-31(13-9-14-33(32)36)30-12-10-15-35(28(30)3)47-24-11-20-43-22-19-40(43,4)5/h9-10,12-15,25-26,36H,7-8,11,16-24,27H2,1-6H3/t36-/m0/s1. The molecule has 0 N–H and O–H groups in total. The van der Waals surface area contributed by atoms with Gasteiger partial charge in [0.25, 0.3) is 0 Å². The Balaban J connectivity index is 1.30. The van der Waals surface area contributed by atoms with Crippen molar-refractivity contribution in [3.05, 3.63) is 75.8 Å². The number of likely N-dealkylation sites (tertiary alicyclic amines) is 1. The van der Waals surface area contributed by atoms with Gasteiger partial charge >= 0.3 is 5.97 Å². The predicted molar refractivity (Wildman–Crippen MR) is 194 cm³/mol. The molecule has 3 aromatic rings. The Morgan fingerprint density at radius 3 is 2.50 bits per heavy atom. The first-order valence-electron chi connectivity index (χ1n) is 17.7. The van der Waals surface area contributed by atoms with Crippen LogP contribution in [-0.4, -0.2) is 67.8 Å². The molecular weight excluding hydrogens is 624 g/mol. The Kier molecular flexibility index (Phi) is 12.3. The Morgan fingerprint density at radius 2 is 1.79 bits per heavy atom. The largest absolute Gasteiger partial charge is 0.493 e. The van der Waals surface area contributed by atoms with Gasteiger partial charge in [-0.1, -0.05) is 55.8 Å². The van der Waals surface area contributed by atoms with E-state index < -0.39 is 0 Å². The van der Waals surface area contributed by atoms with Crippen LogP contribution in [0.1, 0.15) is 88.2 Å². The van der Waals surface area contributed by atoms with Gasteiger partial charge in [-0.15, -0.1) is 0 Å². The molecule has 0 amide bonds. The van der Waals surface area contributed by atoms with Gasteiger partial charge in [-0.05, 0) is 99.4 Å². The first-order chi connectivity index (χ1) is 23.1. The number of carbonyl (C=O) groups excluding carboxylic acids is 1. The second-order valence-corrected chi connectivity index (χ2v) is 14.0. The quantitative estimate of drug-likeness (QED) is 0.105. The van der Waals surface area contributed by atoms with E-state index >= 15 is 0 Å². The van der Waals surface area contributed by atoms with Gasteiger partial charge in [0.15, 0.2) is 0 Å². The average molecular weight is 677 g/mol. The molecule has 8 heteroatoms. The highest BCUT2D eigenvalue weighted by Crippen LogP contribution is 2.44. The van der Waals surface area contributed by atoms with Gasteiger partial charge in [0.2, 0.25) is 0 Å². The van der Waals surface area contributed by atoms with E-state index in [1.54, 1.807) is 0 Å². The smallest absolute Gasteiger partial charge is 0.306 e. The molecule has 0 aromatic heterocycles. The van der Waals surface area contributed by atoms with Crippen LogP contribution < -0.4 is 14.2 Å². The molecule has 1 atom stereocenters. The number of esters is 1. The molecule has 0 bridgehead atoms. The molecule has 1 saturated heterocycles. The van der Waals surface area contributed by atoms with Crippen LogP contribution in [-0.2, 0) is 22.5 Å². The van der Waals surface area contributed by atoms with Crippen molar-refractivity contribution in [2.75, 3.05) is 46.5 Å². The lowest BCUT2D eigenvalue weighted by molar-refractivity contribution is -0.141. The molecule has 0 saturated carbocycles. The summed E-state index contributed by atoms with van der Waals surface area (Å²) < 4.78 is 24.0. The SMILES string of the molecule is CCCOc1cc(O[C@H]2CCc3c(-c4cccc(OCCCN5CCC5(C)C)c4C)cccc32)c(Cl)cc1CN(CC)CCC(=O)OC. The van der Waals surface area contributed by atoms with E-state index in [9.17, 15) is 4.79 Å². The zero-order valence-electron chi connectivity index (χ0n) is 29.7. The summed E-state index contributed by atoms with van der Waals surface area (Å²) in [5.74, 6) is 2.13. The highest BCUT2D eigenvalue weighted by Gasteiger charge is 2.35. The fraction of sp³-hybridized carbons (Fsp3) is 0.525. The van der Waals surface area contributed by atoms with Gasteiger partial charge in [-0.25, -0.2) is 0 Å². The van der Waals surface area contributed by atoms with Crippen LogP contribution in [0, 0.1) is 6.92 Å². The van der Waals surface area contributed by atoms with Gasteiger partial charge in [0, 0.05) is 43.3 Å². The predicted octanol–water partition coefficient (Wildman–Crippen LogP) is 8.81. The lowest BCUT2D eigenvalue weighted by Gasteiger charge is -2.48. The minimum absolute atomic E-state index is 0.111. The molecule has 1 heterocycles. The monoisotopic (exact) mass is 676 g/mol. The molecule has 1 aliphatic heterocycles. The van der Waals surface area contributed by atoms with E-state index in [2.05, 4.69) is 80.8 Å². The second kappa shape index (κ2) is 16.4. The van der Waals surface area contributed by atoms with E-state index in [1.165, 1.54) is 47.9 Å². The highest BCUT2D eigenvalue weighted by molar-refractivity contribution is 6.32. The number of halogens is 1. The van der Waals surface area contributed by atoms with Gasteiger partial charge in [0.05, 0.1) is 31.8 Å². The number of fused-ring (bicyclic) bond motifs is 1. The molecule has 5 rings (SSSR count). The molecule has 1 aliphatic carbocycles. The Labute approximate surface area is 292 Å². The minimum Gasteiger partial charge on any atom is -0.493 e. The molecule has 0 spiro atoms. The van der Waals surface area contributed by atoms with Crippen LogP contribution in [0.4, 0.5) is 0 Å². The normalized spacial score (nSPS) is 16.8. The van der Waals surface area contributed by atoms with Crippen LogP contribution in [0.3, 0.4) is 0 Å². The number of rotatable bonds is 17. The van der Waals surface area contributed by atoms with E-state index in [0.717, 1.165) is 55.8 Å². The summed E-state index contributed by atoms with van der Waals surface area (Å²) in [4.78, 5) is 16.5. The molecule has 48 heavy (non-hydrogen) atoms. The summed E-state index contributed by atoms with van der Waals surface area (Å²) in [7, 11) is 1.42. The number of hydrogen-bond donors (Lipinski definition) is 0. The summed E-state index contributed by atoms with van der Waals surface area (Å²) in [5, 5.41) is 0.556. The average Bonchev–Trinajstić information content (AvgIpc) is 3.49. The van der Waals surface area contributed by atoms with E-state index in [1.807, 2.05) is 12.1 Å². The number of ether oxygens (including phenoxy) is 4. The third-order valence-electron chi connectivity index (χ3n) is 10.0. The molecule has 7 nitrogen and oxygen atoms in total. The molecule has 260 valence electrons. The second-order valence-electron chi connectivity index (χ2n) is 13.6. The van der Waals surface area contributed by atoms with Crippen LogP contribution >= 0.6 is 11.6 Å². The summed E-state index contributed by atoms with van der Waals surface area (Å²) in [6.07, 6.45) is 5.20. The Hall–Kier alpha value is -3.26. The number of methoxy groups -OCH3 is 1. The summed E-state index contributed by atoms with van der Waals surface area (Å²) in [6, 6.07) is 16.8. The van der Waals surface area contributed by atoms with Crippen molar-refractivity contribution in [1.82, 2.24) is 9.80 Å². The Morgan fingerprint density at radius 1 is 1.02 bits per heavy atom. The molecule has 1 fully saturated rings. The zero-order valence-corrected chi connectivity index (χ0v) is 30.5. The zero-order chi connectivity index (χ0) is 34.3. The fourth-order valence-corrected chi connectivity index (χ4v) is 7.08. The molecule has 0 unspecified atom stereocenters. The van der Waals surface area contributed by atoms with Crippen molar-refractivity contribution in [1.29, 1.82) is 0 Å². The van der Waals surface area contributed by atoms with Crippen LogP contribution in [0.25, 0.3) is 11.1 Å². The van der Waals surface area contributed by atoms with E-state index in [4.69, 9.17) is 30.5 Å². The summed E-state index contributed by atoms with van der Waals surface area (Å²) in [6.45, 7) is 16.5. The molecule has 2 aliphatic rings. The van der Waals surface area contributed by atoms with E-state index in [0.29, 0.717) is 49.0 Å². The fourth-order valence-electron chi connectivity index (χ4n) is 6.85. The van der Waals surface area contributed by atoms with Crippen LogP contribution in [0.2, 0.25) is 5.02 Å². The van der Waals surface area contributed by atoms with Crippen molar-refractivity contribution in [2.45, 2.75) is 91.3 Å². The third kappa shape index (κ3) is 8.47. The van der Waals surface area contributed by atoms with Crippen molar-refractivity contribution in [3.63, 3.8) is 0 Å². The summed E-state index contributed by atoms with van der Waals surface area (Å²) in [5.41, 5.74) is 7.44. The molecular formula is C40H53ClN2O5. The molecule has 0 radical (unpaired) electrons. The molecule has 3 aromatic carbocycles. The topological polar surface area (TPSA) is 60.5 Å². The Bertz CT molecular complexity index is 1560. The number of carbonyl (C=O) groups is 1.